The van der Waals surface area contributed by atoms with Crippen LogP contribution in [0, 0.1) is 5.41 Å². The molecule has 0 spiro atoms. The van der Waals surface area contributed by atoms with E-state index in [4.69, 9.17) is 0 Å². The second kappa shape index (κ2) is 5.70. The SMILES string of the molecule is Cn1nc(C(=O)CC23CC(F)(C2)C3)c2ccc(NC(=O)c3ccccn3)cc21. The van der Waals surface area contributed by atoms with Crippen LogP contribution < -0.4 is 5.32 Å². The predicted octanol–water partition coefficient (Wildman–Crippen LogP) is 3.69. The fourth-order valence-electron chi connectivity index (χ4n) is 4.71. The molecule has 1 N–H and O–H groups in total. The number of hydrogen-bond donors (Lipinski definition) is 1. The number of ketones is 1. The van der Waals surface area contributed by atoms with Crippen LogP contribution in [-0.4, -0.2) is 32.1 Å². The molecule has 2 aromatic heterocycles. The van der Waals surface area contributed by atoms with Crippen molar-refractivity contribution in [2.24, 2.45) is 12.5 Å². The number of Topliss-reactive ketones (excluding diaryl/α,β-unsaturated/α-hetero) is 1. The Bertz CT molecular complexity index is 1100. The van der Waals surface area contributed by atoms with E-state index in [1.54, 1.807) is 54.3 Å². The zero-order valence-corrected chi connectivity index (χ0v) is 15.4. The standard InChI is InChI=1S/C21H19FN4O2/c1-26-16-8-13(24-19(28)15-4-2-3-7-23-15)5-6-14(16)18(25-26)17(27)9-20-10-21(22,11-20)12-20/h2-8H,9-12H2,1H3,(H,24,28). The number of alkyl halides is 1. The van der Waals surface area contributed by atoms with E-state index >= 15 is 0 Å². The van der Waals surface area contributed by atoms with Crippen molar-refractivity contribution in [2.45, 2.75) is 31.4 Å². The average Bonchev–Trinajstić information content (AvgIpc) is 2.97. The minimum absolute atomic E-state index is 0.0439. The molecule has 3 aliphatic carbocycles. The maximum absolute atomic E-state index is 13.7. The van der Waals surface area contributed by atoms with Gasteiger partial charge in [-0.05, 0) is 55.0 Å². The van der Waals surface area contributed by atoms with Gasteiger partial charge in [0.1, 0.15) is 17.1 Å². The Kier molecular flexibility index (Phi) is 3.47. The summed E-state index contributed by atoms with van der Waals surface area (Å²) in [6.45, 7) is 0. The van der Waals surface area contributed by atoms with Crippen LogP contribution in [0.15, 0.2) is 42.6 Å². The molecule has 2 bridgehead atoms. The van der Waals surface area contributed by atoms with Crippen molar-refractivity contribution < 1.29 is 14.0 Å². The lowest BCUT2D eigenvalue weighted by molar-refractivity contribution is -0.210. The number of aromatic nitrogens is 3. The minimum Gasteiger partial charge on any atom is -0.321 e. The van der Waals surface area contributed by atoms with Crippen molar-refractivity contribution in [2.75, 3.05) is 5.32 Å². The topological polar surface area (TPSA) is 76.9 Å². The fourth-order valence-corrected chi connectivity index (χ4v) is 4.71. The first-order chi connectivity index (χ1) is 13.4. The molecule has 6 nitrogen and oxygen atoms in total. The molecule has 7 heteroatoms. The first-order valence-electron chi connectivity index (χ1n) is 9.28. The maximum Gasteiger partial charge on any atom is 0.274 e. The second-order valence-corrected chi connectivity index (χ2v) is 8.15. The minimum atomic E-state index is -1.01. The number of aryl methyl sites for hydroxylation is 1. The first-order valence-corrected chi connectivity index (χ1v) is 9.28. The van der Waals surface area contributed by atoms with Crippen LogP contribution in [0.4, 0.5) is 10.1 Å². The number of halogens is 1. The lowest BCUT2D eigenvalue weighted by Gasteiger charge is -2.65. The molecular formula is C21H19FN4O2. The van der Waals surface area contributed by atoms with Crippen molar-refractivity contribution in [3.63, 3.8) is 0 Å². The van der Waals surface area contributed by atoms with Crippen molar-refractivity contribution in [3.05, 3.63) is 54.0 Å². The Balaban J connectivity index is 1.38. The highest BCUT2D eigenvalue weighted by Gasteiger charge is 2.69. The van der Waals surface area contributed by atoms with Crippen LogP contribution in [0.5, 0.6) is 0 Å². The molecule has 3 aliphatic rings. The molecule has 3 aromatic rings. The molecule has 1 amide bonds. The van der Waals surface area contributed by atoms with Gasteiger partial charge < -0.3 is 5.32 Å². The molecule has 0 unspecified atom stereocenters. The quantitative estimate of drug-likeness (QED) is 0.687. The van der Waals surface area contributed by atoms with Gasteiger partial charge in [0.15, 0.2) is 5.78 Å². The molecule has 3 saturated carbocycles. The largest absolute Gasteiger partial charge is 0.321 e. The number of nitrogens with one attached hydrogen (secondary N) is 1. The van der Waals surface area contributed by atoms with Gasteiger partial charge in [0.05, 0.1) is 5.52 Å². The molecule has 28 heavy (non-hydrogen) atoms. The first kappa shape index (κ1) is 17.0. The smallest absolute Gasteiger partial charge is 0.274 e. The Morgan fingerprint density at radius 1 is 1.21 bits per heavy atom. The van der Waals surface area contributed by atoms with E-state index in [2.05, 4.69) is 15.4 Å². The second-order valence-electron chi connectivity index (χ2n) is 8.15. The van der Waals surface area contributed by atoms with Gasteiger partial charge in [0, 0.05) is 30.7 Å². The third-order valence-corrected chi connectivity index (χ3v) is 5.88. The van der Waals surface area contributed by atoms with Gasteiger partial charge in [-0.25, -0.2) is 4.39 Å². The summed E-state index contributed by atoms with van der Waals surface area (Å²) in [5, 5.41) is 7.95. The predicted molar refractivity (Wildman–Crippen MR) is 102 cm³/mol. The molecule has 142 valence electrons. The van der Waals surface area contributed by atoms with E-state index in [0.717, 1.165) is 10.9 Å². The summed E-state index contributed by atoms with van der Waals surface area (Å²) in [5.41, 5.74) is 0.940. The number of carbonyl (C=O) groups excluding carboxylic acids is 2. The molecule has 0 atom stereocenters. The number of carbonyl (C=O) groups is 2. The van der Waals surface area contributed by atoms with Crippen molar-refractivity contribution in [3.8, 4) is 0 Å². The summed E-state index contributed by atoms with van der Waals surface area (Å²) < 4.78 is 15.4. The molecule has 1 aromatic carbocycles. The fraction of sp³-hybridized carbons (Fsp3) is 0.333. The number of nitrogens with zero attached hydrogens (tertiary/aromatic N) is 3. The lowest BCUT2D eigenvalue weighted by atomic mass is 9.41. The number of fused-ring (bicyclic) bond motifs is 1. The third kappa shape index (κ3) is 2.61. The number of pyridine rings is 1. The van der Waals surface area contributed by atoms with Crippen LogP contribution in [0.3, 0.4) is 0 Å². The zero-order valence-electron chi connectivity index (χ0n) is 15.4. The average molecular weight is 378 g/mol. The van der Waals surface area contributed by atoms with Crippen molar-refractivity contribution >= 4 is 28.3 Å². The summed E-state index contributed by atoms with van der Waals surface area (Å²) in [6.07, 6.45) is 3.41. The molecule has 3 fully saturated rings. The van der Waals surface area contributed by atoms with Gasteiger partial charge in [0.2, 0.25) is 0 Å². The van der Waals surface area contributed by atoms with Crippen LogP contribution in [-0.2, 0) is 7.05 Å². The molecule has 2 heterocycles. The monoisotopic (exact) mass is 378 g/mol. The molecule has 6 rings (SSSR count). The normalized spacial score (nSPS) is 25.1. The number of amides is 1. The Morgan fingerprint density at radius 3 is 2.68 bits per heavy atom. The van der Waals surface area contributed by atoms with E-state index in [9.17, 15) is 14.0 Å². The highest BCUT2D eigenvalue weighted by atomic mass is 19.1. The van der Waals surface area contributed by atoms with Gasteiger partial charge in [-0.1, -0.05) is 6.07 Å². The van der Waals surface area contributed by atoms with Gasteiger partial charge in [-0.3, -0.25) is 19.3 Å². The Labute approximate surface area is 160 Å². The Morgan fingerprint density at radius 2 is 2.00 bits per heavy atom. The summed E-state index contributed by atoms with van der Waals surface area (Å²) in [7, 11) is 1.76. The van der Waals surface area contributed by atoms with Gasteiger partial charge in [-0.2, -0.15) is 5.10 Å². The molecule has 0 saturated heterocycles. The summed E-state index contributed by atoms with van der Waals surface area (Å²) >= 11 is 0. The third-order valence-electron chi connectivity index (χ3n) is 5.88. The number of hydrogen-bond acceptors (Lipinski definition) is 4. The van der Waals surface area contributed by atoms with E-state index in [-0.39, 0.29) is 17.1 Å². The van der Waals surface area contributed by atoms with E-state index < -0.39 is 5.67 Å². The highest BCUT2D eigenvalue weighted by Crippen LogP contribution is 2.71. The lowest BCUT2D eigenvalue weighted by Crippen LogP contribution is -2.64. The zero-order chi connectivity index (χ0) is 19.5. The summed E-state index contributed by atoms with van der Waals surface area (Å²) in [6, 6.07) is 10.5. The molecular weight excluding hydrogens is 359 g/mol. The van der Waals surface area contributed by atoms with Crippen molar-refractivity contribution in [1.82, 2.24) is 14.8 Å². The summed E-state index contributed by atoms with van der Waals surface area (Å²) in [4.78, 5) is 29.1. The van der Waals surface area contributed by atoms with Gasteiger partial charge in [0.25, 0.3) is 5.91 Å². The van der Waals surface area contributed by atoms with Crippen LogP contribution in [0.25, 0.3) is 10.9 Å². The van der Waals surface area contributed by atoms with Crippen LogP contribution in [0.2, 0.25) is 0 Å². The van der Waals surface area contributed by atoms with Gasteiger partial charge >= 0.3 is 0 Å². The number of anilines is 1. The molecule has 0 aliphatic heterocycles. The molecule has 0 radical (unpaired) electrons. The van der Waals surface area contributed by atoms with Crippen LogP contribution in [0.1, 0.15) is 46.7 Å². The van der Waals surface area contributed by atoms with E-state index in [1.165, 1.54) is 0 Å². The van der Waals surface area contributed by atoms with E-state index in [1.807, 2.05) is 0 Å². The highest BCUT2D eigenvalue weighted by molar-refractivity contribution is 6.08. The van der Waals surface area contributed by atoms with Crippen LogP contribution >= 0.6 is 0 Å². The maximum atomic E-state index is 13.7. The number of benzene rings is 1. The number of rotatable bonds is 5. The Hall–Kier alpha value is -3.09. The van der Waals surface area contributed by atoms with E-state index in [0.29, 0.717) is 42.8 Å². The summed E-state index contributed by atoms with van der Waals surface area (Å²) in [5.74, 6) is -0.347. The van der Waals surface area contributed by atoms with Crippen molar-refractivity contribution in [1.29, 1.82) is 0 Å². The van der Waals surface area contributed by atoms with Gasteiger partial charge in [-0.15, -0.1) is 0 Å².